The molecule has 1 aromatic rings. The molecule has 0 bridgehead atoms. The Labute approximate surface area is 65.4 Å². The van der Waals surface area contributed by atoms with Gasteiger partial charge in [-0.1, -0.05) is 0 Å². The molecule has 0 atom stereocenters. The molecule has 11 heavy (non-hydrogen) atoms. The molecular formula is C7H10N4. The molecular weight excluding hydrogens is 140 g/mol. The zero-order chi connectivity index (χ0) is 8.27. The van der Waals surface area contributed by atoms with Gasteiger partial charge in [-0.25, -0.2) is 0 Å². The number of nitrogens with zero attached hydrogens (tertiary/aromatic N) is 3. The molecule has 0 amide bonds. The summed E-state index contributed by atoms with van der Waals surface area (Å²) < 4.78 is 1.72. The fourth-order valence-corrected chi connectivity index (χ4v) is 0.908. The van der Waals surface area contributed by atoms with Crippen molar-refractivity contribution in [1.29, 1.82) is 5.26 Å². The van der Waals surface area contributed by atoms with Crippen molar-refractivity contribution in [3.63, 3.8) is 0 Å². The van der Waals surface area contributed by atoms with Crippen LogP contribution in [-0.4, -0.2) is 16.3 Å². The maximum Gasteiger partial charge on any atom is 0.103 e. The van der Waals surface area contributed by atoms with Crippen LogP contribution >= 0.6 is 0 Å². The van der Waals surface area contributed by atoms with Crippen molar-refractivity contribution in [1.82, 2.24) is 9.78 Å². The smallest absolute Gasteiger partial charge is 0.103 e. The molecule has 0 fully saturated rings. The van der Waals surface area contributed by atoms with E-state index in [2.05, 4.69) is 10.4 Å². The van der Waals surface area contributed by atoms with Gasteiger partial charge in [-0.2, -0.15) is 10.4 Å². The van der Waals surface area contributed by atoms with Gasteiger partial charge in [0.15, 0.2) is 0 Å². The lowest BCUT2D eigenvalue weighted by atomic mass is 10.4. The molecule has 0 spiro atoms. The van der Waals surface area contributed by atoms with Gasteiger partial charge < -0.3 is 5.32 Å². The number of rotatable bonds is 2. The minimum absolute atomic E-state index is 0.326. The van der Waals surface area contributed by atoms with Gasteiger partial charge in [-0.3, -0.25) is 4.68 Å². The topological polar surface area (TPSA) is 53.6 Å². The van der Waals surface area contributed by atoms with Crippen molar-refractivity contribution in [2.45, 2.75) is 6.92 Å². The van der Waals surface area contributed by atoms with Gasteiger partial charge in [0.1, 0.15) is 6.54 Å². The van der Waals surface area contributed by atoms with E-state index in [4.69, 9.17) is 5.26 Å². The molecule has 4 nitrogen and oxygen atoms in total. The maximum atomic E-state index is 8.29. The molecule has 4 heteroatoms. The van der Waals surface area contributed by atoms with Crippen molar-refractivity contribution in [3.05, 3.63) is 11.9 Å². The van der Waals surface area contributed by atoms with Crippen molar-refractivity contribution >= 4 is 5.69 Å². The number of nitrogens with one attached hydrogen (secondary N) is 1. The zero-order valence-corrected chi connectivity index (χ0v) is 6.63. The molecule has 0 radical (unpaired) electrons. The van der Waals surface area contributed by atoms with Gasteiger partial charge in [0, 0.05) is 13.2 Å². The highest BCUT2D eigenvalue weighted by atomic mass is 15.3. The van der Waals surface area contributed by atoms with Crippen LogP contribution in [0.15, 0.2) is 6.20 Å². The number of anilines is 1. The largest absolute Gasteiger partial charge is 0.370 e. The van der Waals surface area contributed by atoms with E-state index in [9.17, 15) is 0 Å². The highest BCUT2D eigenvalue weighted by molar-refractivity contribution is 5.45. The summed E-state index contributed by atoms with van der Waals surface area (Å²) in [6, 6.07) is 2.00. The molecule has 1 rings (SSSR count). The first kappa shape index (κ1) is 7.61. The van der Waals surface area contributed by atoms with Crippen LogP contribution in [0.4, 0.5) is 5.69 Å². The summed E-state index contributed by atoms with van der Waals surface area (Å²) >= 11 is 0. The highest BCUT2D eigenvalue weighted by Gasteiger charge is 1.99. The van der Waals surface area contributed by atoms with Crippen LogP contribution in [0, 0.1) is 18.3 Å². The van der Waals surface area contributed by atoms with Crippen LogP contribution in [0.5, 0.6) is 0 Å². The van der Waals surface area contributed by atoms with E-state index < -0.39 is 0 Å². The maximum absolute atomic E-state index is 8.29. The molecule has 58 valence electrons. The minimum atomic E-state index is 0.326. The van der Waals surface area contributed by atoms with E-state index >= 15 is 0 Å². The molecule has 0 saturated carbocycles. The van der Waals surface area contributed by atoms with Crippen LogP contribution < -0.4 is 5.32 Å². The van der Waals surface area contributed by atoms with Gasteiger partial charge in [-0.15, -0.1) is 0 Å². The fraction of sp³-hybridized carbons (Fsp3) is 0.429. The molecule has 0 aliphatic rings. The van der Waals surface area contributed by atoms with E-state index in [-0.39, 0.29) is 0 Å². The van der Waals surface area contributed by atoms with Gasteiger partial charge in [0.05, 0.1) is 17.5 Å². The van der Waals surface area contributed by atoms with Crippen LogP contribution in [0.2, 0.25) is 0 Å². The second-order valence-corrected chi connectivity index (χ2v) is 2.31. The zero-order valence-electron chi connectivity index (χ0n) is 6.63. The van der Waals surface area contributed by atoms with Gasteiger partial charge >= 0.3 is 0 Å². The second-order valence-electron chi connectivity index (χ2n) is 2.31. The molecule has 0 aromatic carbocycles. The Balaban J connectivity index is 2.71. The Bertz CT molecular complexity index is 281. The lowest BCUT2D eigenvalue weighted by Crippen LogP contribution is -1.97. The molecule has 0 aliphatic heterocycles. The second kappa shape index (κ2) is 3.06. The van der Waals surface area contributed by atoms with Gasteiger partial charge in [-0.05, 0) is 6.92 Å². The van der Waals surface area contributed by atoms with E-state index in [0.29, 0.717) is 6.54 Å². The molecule has 0 aliphatic carbocycles. The number of hydrogen-bond acceptors (Lipinski definition) is 3. The quantitative estimate of drug-likeness (QED) is 0.630. The normalized spacial score (nSPS) is 9.18. The molecule has 0 saturated heterocycles. The first-order chi connectivity index (χ1) is 5.24. The molecule has 1 N–H and O–H groups in total. The van der Waals surface area contributed by atoms with Crippen LogP contribution in [0.3, 0.4) is 0 Å². The Kier molecular flexibility index (Phi) is 2.12. The minimum Gasteiger partial charge on any atom is -0.370 e. The Morgan fingerprint density at radius 1 is 1.82 bits per heavy atom. The van der Waals surface area contributed by atoms with Gasteiger partial charge in [0.25, 0.3) is 0 Å². The lowest BCUT2D eigenvalue weighted by Gasteiger charge is -1.95. The van der Waals surface area contributed by atoms with E-state index in [0.717, 1.165) is 11.4 Å². The van der Waals surface area contributed by atoms with Crippen LogP contribution in [0.25, 0.3) is 0 Å². The van der Waals surface area contributed by atoms with Crippen molar-refractivity contribution in [2.24, 2.45) is 7.05 Å². The van der Waals surface area contributed by atoms with Crippen LogP contribution in [-0.2, 0) is 7.05 Å². The molecule has 0 unspecified atom stereocenters. The van der Waals surface area contributed by atoms with E-state index in [1.165, 1.54) is 0 Å². The summed E-state index contributed by atoms with van der Waals surface area (Å²) in [5.41, 5.74) is 1.84. The van der Waals surface area contributed by atoms with Crippen molar-refractivity contribution in [3.8, 4) is 6.07 Å². The monoisotopic (exact) mass is 150 g/mol. The van der Waals surface area contributed by atoms with E-state index in [1.807, 2.05) is 26.2 Å². The molecule has 1 heterocycles. The average Bonchev–Trinajstić information content (AvgIpc) is 2.26. The summed E-state index contributed by atoms with van der Waals surface area (Å²) in [5.74, 6) is 0. The number of aryl methyl sites for hydroxylation is 2. The summed E-state index contributed by atoms with van der Waals surface area (Å²) in [6.45, 7) is 2.23. The Morgan fingerprint density at radius 3 is 3.00 bits per heavy atom. The fourth-order valence-electron chi connectivity index (χ4n) is 0.908. The van der Waals surface area contributed by atoms with E-state index in [1.54, 1.807) is 4.68 Å². The molecule has 1 aromatic heterocycles. The third kappa shape index (κ3) is 1.71. The number of nitriles is 1. The van der Waals surface area contributed by atoms with Crippen LogP contribution in [0.1, 0.15) is 5.69 Å². The number of hydrogen-bond donors (Lipinski definition) is 1. The first-order valence-corrected chi connectivity index (χ1v) is 3.35. The predicted molar refractivity (Wildman–Crippen MR) is 42.0 cm³/mol. The average molecular weight is 150 g/mol. The summed E-state index contributed by atoms with van der Waals surface area (Å²) in [7, 11) is 1.85. The SMILES string of the molecule is Cc1nn(C)cc1NCC#N. The Hall–Kier alpha value is -1.50. The lowest BCUT2D eigenvalue weighted by molar-refractivity contribution is 0.756. The standard InChI is InChI=1S/C7H10N4/c1-6-7(9-4-3-8)5-11(2)10-6/h5,9H,4H2,1-2H3. The van der Waals surface area contributed by atoms with Crippen molar-refractivity contribution in [2.75, 3.05) is 11.9 Å². The Morgan fingerprint density at radius 2 is 2.55 bits per heavy atom. The third-order valence-electron chi connectivity index (χ3n) is 1.37. The third-order valence-corrected chi connectivity index (χ3v) is 1.37. The van der Waals surface area contributed by atoms with Crippen molar-refractivity contribution < 1.29 is 0 Å². The highest BCUT2D eigenvalue weighted by Crippen LogP contribution is 2.09. The number of aromatic nitrogens is 2. The predicted octanol–water partition coefficient (Wildman–Crippen LogP) is 0.664. The first-order valence-electron chi connectivity index (χ1n) is 3.35. The van der Waals surface area contributed by atoms with Gasteiger partial charge in [0.2, 0.25) is 0 Å². The summed E-state index contributed by atoms with van der Waals surface area (Å²) in [4.78, 5) is 0. The summed E-state index contributed by atoms with van der Waals surface area (Å²) in [5, 5.41) is 15.3. The summed E-state index contributed by atoms with van der Waals surface area (Å²) in [6.07, 6.45) is 1.85.